The minimum Gasteiger partial charge on any atom is -0.469 e. The molecule has 1 aliphatic carbocycles. The minimum absolute atomic E-state index is 0.667. The smallest absolute Gasteiger partial charge is 0.109 e. The van der Waals surface area contributed by atoms with Gasteiger partial charge in [0, 0.05) is 18.4 Å². The third kappa shape index (κ3) is 1.89. The Balaban J connectivity index is 1.93. The van der Waals surface area contributed by atoms with Gasteiger partial charge in [-0.05, 0) is 24.5 Å². The third-order valence-corrected chi connectivity index (χ3v) is 3.58. The van der Waals surface area contributed by atoms with E-state index < -0.39 is 5.60 Å². The number of fused-ring (bicyclic) bond motifs is 1. The summed E-state index contributed by atoms with van der Waals surface area (Å²) in [5, 5.41) is 10.8. The molecule has 1 atom stereocenters. The van der Waals surface area contributed by atoms with Crippen LogP contribution in [0, 0.1) is 0 Å². The SMILES string of the molecule is OC1(Cc2ccccc2)CCCc2occc21. The first-order valence-corrected chi connectivity index (χ1v) is 6.11. The maximum atomic E-state index is 10.8. The predicted molar refractivity (Wildman–Crippen MR) is 65.7 cm³/mol. The van der Waals surface area contributed by atoms with E-state index in [2.05, 4.69) is 12.1 Å². The average Bonchev–Trinajstić information content (AvgIpc) is 2.80. The Morgan fingerprint density at radius 2 is 2.00 bits per heavy atom. The molecule has 1 aromatic carbocycles. The topological polar surface area (TPSA) is 33.4 Å². The summed E-state index contributed by atoms with van der Waals surface area (Å²) in [4.78, 5) is 0. The summed E-state index contributed by atoms with van der Waals surface area (Å²) in [6, 6.07) is 12.1. The van der Waals surface area contributed by atoms with Gasteiger partial charge in [0.25, 0.3) is 0 Å². The van der Waals surface area contributed by atoms with Crippen LogP contribution in [0.25, 0.3) is 0 Å². The summed E-state index contributed by atoms with van der Waals surface area (Å²) < 4.78 is 5.43. The van der Waals surface area contributed by atoms with Gasteiger partial charge in [-0.15, -0.1) is 0 Å². The van der Waals surface area contributed by atoms with Gasteiger partial charge < -0.3 is 9.52 Å². The van der Waals surface area contributed by atoms with Crippen molar-refractivity contribution in [1.82, 2.24) is 0 Å². The Kier molecular flexibility index (Phi) is 2.52. The molecule has 1 aliphatic rings. The van der Waals surface area contributed by atoms with Gasteiger partial charge in [-0.25, -0.2) is 0 Å². The standard InChI is InChI=1S/C15H16O2/c16-15(11-12-5-2-1-3-6-12)9-4-7-14-13(15)8-10-17-14/h1-3,5-6,8,10,16H,4,7,9,11H2. The van der Waals surface area contributed by atoms with E-state index in [0.717, 1.165) is 30.6 Å². The number of aryl methyl sites for hydroxylation is 1. The zero-order chi connectivity index (χ0) is 11.7. The van der Waals surface area contributed by atoms with Crippen LogP contribution in [-0.2, 0) is 18.4 Å². The number of hydrogen-bond donors (Lipinski definition) is 1. The number of furan rings is 1. The van der Waals surface area contributed by atoms with Crippen LogP contribution in [0.5, 0.6) is 0 Å². The van der Waals surface area contributed by atoms with Crippen LogP contribution in [-0.4, -0.2) is 5.11 Å². The lowest BCUT2D eigenvalue weighted by atomic mass is 9.79. The lowest BCUT2D eigenvalue weighted by Gasteiger charge is -2.31. The van der Waals surface area contributed by atoms with Crippen molar-refractivity contribution in [3.8, 4) is 0 Å². The first kappa shape index (κ1) is 10.6. The Morgan fingerprint density at radius 1 is 1.18 bits per heavy atom. The van der Waals surface area contributed by atoms with E-state index in [1.807, 2.05) is 24.3 Å². The Hall–Kier alpha value is -1.54. The highest BCUT2D eigenvalue weighted by Crippen LogP contribution is 2.38. The van der Waals surface area contributed by atoms with Crippen LogP contribution in [0.2, 0.25) is 0 Å². The fourth-order valence-electron chi connectivity index (χ4n) is 2.74. The molecule has 0 amide bonds. The summed E-state index contributed by atoms with van der Waals surface area (Å²) >= 11 is 0. The molecule has 1 unspecified atom stereocenters. The molecule has 2 heteroatoms. The van der Waals surface area contributed by atoms with Crippen LogP contribution < -0.4 is 0 Å². The molecule has 3 rings (SSSR count). The Morgan fingerprint density at radius 3 is 2.82 bits per heavy atom. The second-order valence-corrected chi connectivity index (χ2v) is 4.80. The van der Waals surface area contributed by atoms with E-state index in [1.165, 1.54) is 5.56 Å². The van der Waals surface area contributed by atoms with Gasteiger partial charge in [-0.2, -0.15) is 0 Å². The van der Waals surface area contributed by atoms with Crippen molar-refractivity contribution < 1.29 is 9.52 Å². The van der Waals surface area contributed by atoms with Crippen LogP contribution in [0.3, 0.4) is 0 Å². The molecule has 0 bridgehead atoms. The first-order valence-electron chi connectivity index (χ1n) is 6.11. The largest absolute Gasteiger partial charge is 0.469 e. The van der Waals surface area contributed by atoms with Crippen LogP contribution in [0.1, 0.15) is 29.7 Å². The van der Waals surface area contributed by atoms with Gasteiger partial charge in [0.1, 0.15) is 5.76 Å². The van der Waals surface area contributed by atoms with E-state index >= 15 is 0 Å². The molecular weight excluding hydrogens is 212 g/mol. The summed E-state index contributed by atoms with van der Waals surface area (Å²) in [6.07, 6.45) is 5.10. The molecule has 2 aromatic rings. The van der Waals surface area contributed by atoms with Gasteiger partial charge >= 0.3 is 0 Å². The molecule has 2 nitrogen and oxygen atoms in total. The lowest BCUT2D eigenvalue weighted by Crippen LogP contribution is -2.32. The van der Waals surface area contributed by atoms with Crippen molar-refractivity contribution in [2.45, 2.75) is 31.3 Å². The second-order valence-electron chi connectivity index (χ2n) is 4.80. The highest BCUT2D eigenvalue weighted by atomic mass is 16.3. The number of hydrogen-bond acceptors (Lipinski definition) is 2. The van der Waals surface area contributed by atoms with E-state index in [9.17, 15) is 5.11 Å². The van der Waals surface area contributed by atoms with Crippen molar-refractivity contribution in [2.75, 3.05) is 0 Å². The van der Waals surface area contributed by atoms with Gasteiger partial charge in [0.05, 0.1) is 11.9 Å². The number of rotatable bonds is 2. The Labute approximate surface area is 101 Å². The summed E-state index contributed by atoms with van der Waals surface area (Å²) in [6.45, 7) is 0. The average molecular weight is 228 g/mol. The molecule has 0 spiro atoms. The molecule has 0 aliphatic heterocycles. The van der Waals surface area contributed by atoms with Crippen molar-refractivity contribution in [2.24, 2.45) is 0 Å². The molecular formula is C15H16O2. The lowest BCUT2D eigenvalue weighted by molar-refractivity contribution is 0.0169. The van der Waals surface area contributed by atoms with Gasteiger partial charge in [-0.3, -0.25) is 0 Å². The van der Waals surface area contributed by atoms with Gasteiger partial charge in [0.15, 0.2) is 0 Å². The molecule has 1 N–H and O–H groups in total. The fraction of sp³-hybridized carbons (Fsp3) is 0.333. The third-order valence-electron chi connectivity index (χ3n) is 3.58. The van der Waals surface area contributed by atoms with E-state index in [4.69, 9.17) is 4.42 Å². The second kappa shape index (κ2) is 4.04. The molecule has 17 heavy (non-hydrogen) atoms. The maximum Gasteiger partial charge on any atom is 0.109 e. The highest BCUT2D eigenvalue weighted by molar-refractivity contribution is 5.30. The monoisotopic (exact) mass is 228 g/mol. The van der Waals surface area contributed by atoms with Crippen LogP contribution >= 0.6 is 0 Å². The molecule has 88 valence electrons. The zero-order valence-corrected chi connectivity index (χ0v) is 9.73. The summed E-state index contributed by atoms with van der Waals surface area (Å²) in [5.74, 6) is 0.953. The molecule has 1 heterocycles. The van der Waals surface area contributed by atoms with E-state index in [1.54, 1.807) is 6.26 Å². The normalized spacial score (nSPS) is 23.4. The van der Waals surface area contributed by atoms with Crippen molar-refractivity contribution in [1.29, 1.82) is 0 Å². The fourth-order valence-corrected chi connectivity index (χ4v) is 2.74. The molecule has 0 saturated heterocycles. The predicted octanol–water partition coefficient (Wildman–Crippen LogP) is 3.05. The molecule has 1 aromatic heterocycles. The zero-order valence-electron chi connectivity index (χ0n) is 9.73. The summed E-state index contributed by atoms with van der Waals surface area (Å²) in [7, 11) is 0. The van der Waals surface area contributed by atoms with Gasteiger partial charge in [-0.1, -0.05) is 30.3 Å². The molecule has 0 saturated carbocycles. The van der Waals surface area contributed by atoms with Gasteiger partial charge in [0.2, 0.25) is 0 Å². The molecule has 0 fully saturated rings. The van der Waals surface area contributed by atoms with Crippen LogP contribution in [0.15, 0.2) is 47.1 Å². The molecule has 0 radical (unpaired) electrons. The van der Waals surface area contributed by atoms with Crippen molar-refractivity contribution >= 4 is 0 Å². The quantitative estimate of drug-likeness (QED) is 0.857. The van der Waals surface area contributed by atoms with E-state index in [0.29, 0.717) is 6.42 Å². The van der Waals surface area contributed by atoms with Crippen molar-refractivity contribution in [3.05, 3.63) is 59.5 Å². The van der Waals surface area contributed by atoms with E-state index in [-0.39, 0.29) is 0 Å². The summed E-state index contributed by atoms with van der Waals surface area (Å²) in [5.41, 5.74) is 1.40. The minimum atomic E-state index is -0.748. The first-order chi connectivity index (χ1) is 8.28. The highest BCUT2D eigenvalue weighted by Gasteiger charge is 2.36. The number of benzene rings is 1. The number of aliphatic hydroxyl groups is 1. The van der Waals surface area contributed by atoms with Crippen molar-refractivity contribution in [3.63, 3.8) is 0 Å². The maximum absolute atomic E-state index is 10.8. The Bertz CT molecular complexity index is 501. The van der Waals surface area contributed by atoms with Crippen LogP contribution in [0.4, 0.5) is 0 Å².